The average molecular weight is 575 g/mol. The minimum absolute atomic E-state index is 0.0167. The van der Waals surface area contributed by atoms with Gasteiger partial charge in [-0.2, -0.15) is 0 Å². The summed E-state index contributed by atoms with van der Waals surface area (Å²) < 4.78 is 0. The molecule has 9 heteroatoms. The zero-order chi connectivity index (χ0) is 30.7. The number of H-pyrrole nitrogens is 1. The van der Waals surface area contributed by atoms with Crippen LogP contribution in [0.1, 0.15) is 97.0 Å². The molecular weight excluding hydrogens is 532 g/mol. The van der Waals surface area contributed by atoms with Gasteiger partial charge in [0.25, 0.3) is 0 Å². The number of aromatic amines is 1. The van der Waals surface area contributed by atoms with E-state index in [1.165, 1.54) is 0 Å². The summed E-state index contributed by atoms with van der Waals surface area (Å²) in [5.41, 5.74) is 9.81. The molecule has 42 heavy (non-hydrogen) atoms. The highest BCUT2D eigenvalue weighted by atomic mass is 16.4. The summed E-state index contributed by atoms with van der Waals surface area (Å²) in [7, 11) is 0. The number of amides is 2. The topological polar surface area (TPSA) is 141 Å². The highest BCUT2D eigenvalue weighted by Gasteiger charge is 2.32. The number of rotatable bonds is 13. The molecule has 4 N–H and O–H groups in total. The number of carboxylic acids is 1. The molecule has 2 amide bonds. The van der Waals surface area contributed by atoms with Crippen LogP contribution in [0, 0.1) is 0 Å². The van der Waals surface area contributed by atoms with Crippen molar-refractivity contribution in [3.05, 3.63) is 62.2 Å². The van der Waals surface area contributed by atoms with E-state index < -0.39 is 5.97 Å². The number of carbonyl (C=O) groups excluding carboxylic acids is 3. The van der Waals surface area contributed by atoms with Gasteiger partial charge in [0.1, 0.15) is 5.78 Å². The summed E-state index contributed by atoms with van der Waals surface area (Å²) in [5, 5.41) is 15.6. The number of aromatic nitrogens is 1. The van der Waals surface area contributed by atoms with Gasteiger partial charge in [-0.05, 0) is 93.4 Å². The highest BCUT2D eigenvalue weighted by Crippen LogP contribution is 2.35. The second kappa shape index (κ2) is 12.9. The zero-order valence-corrected chi connectivity index (χ0v) is 25.5. The first-order chi connectivity index (χ1) is 19.9. The van der Waals surface area contributed by atoms with Crippen molar-refractivity contribution in [1.82, 2.24) is 15.6 Å². The van der Waals surface area contributed by atoms with Gasteiger partial charge < -0.3 is 25.5 Å². The first kappa shape index (κ1) is 30.9. The number of nitrogens with zero attached hydrogens (tertiary/aromatic N) is 1. The monoisotopic (exact) mass is 574 g/mol. The van der Waals surface area contributed by atoms with Gasteiger partial charge in [0.05, 0.1) is 17.8 Å². The van der Waals surface area contributed by atoms with Crippen LogP contribution in [0.3, 0.4) is 0 Å². The van der Waals surface area contributed by atoms with E-state index in [0.717, 1.165) is 62.5 Å². The summed E-state index contributed by atoms with van der Waals surface area (Å²) in [6, 6.07) is 1.83. The molecule has 0 fully saturated rings. The van der Waals surface area contributed by atoms with E-state index in [2.05, 4.69) is 21.7 Å². The van der Waals surface area contributed by atoms with E-state index in [0.29, 0.717) is 44.2 Å². The van der Waals surface area contributed by atoms with Gasteiger partial charge in [-0.1, -0.05) is 13.8 Å². The number of hydrogen-bond donors (Lipinski definition) is 4. The van der Waals surface area contributed by atoms with E-state index in [-0.39, 0.29) is 36.1 Å². The van der Waals surface area contributed by atoms with Crippen molar-refractivity contribution in [2.75, 3.05) is 0 Å². The van der Waals surface area contributed by atoms with E-state index >= 15 is 0 Å². The molecule has 2 atom stereocenters. The van der Waals surface area contributed by atoms with Crippen LogP contribution in [-0.2, 0) is 32.0 Å². The van der Waals surface area contributed by atoms with Crippen LogP contribution < -0.4 is 10.6 Å². The Morgan fingerprint density at radius 2 is 1.64 bits per heavy atom. The molecule has 9 nitrogen and oxygen atoms in total. The number of hydrogen-bond acceptors (Lipinski definition) is 5. The third-order valence-electron chi connectivity index (χ3n) is 8.74. The Balaban J connectivity index is 1.69. The van der Waals surface area contributed by atoms with E-state index in [1.54, 1.807) is 6.92 Å². The maximum Gasteiger partial charge on any atom is 0.303 e. The summed E-state index contributed by atoms with van der Waals surface area (Å²) in [6.07, 6.45) is 5.80. The summed E-state index contributed by atoms with van der Waals surface area (Å²) >= 11 is 0. The number of carbonyl (C=O) groups is 4. The maximum atomic E-state index is 12.4. The first-order valence-electron chi connectivity index (χ1n) is 14.9. The van der Waals surface area contributed by atoms with Gasteiger partial charge in [-0.3, -0.25) is 19.4 Å². The second-order valence-corrected chi connectivity index (χ2v) is 11.5. The fourth-order valence-corrected chi connectivity index (χ4v) is 6.25. The maximum absolute atomic E-state index is 12.4. The summed E-state index contributed by atoms with van der Waals surface area (Å²) in [6.45, 7) is 11.4. The minimum Gasteiger partial charge on any atom is -0.481 e. The number of aliphatic carboxylic acids is 1. The van der Waals surface area contributed by atoms with Gasteiger partial charge in [0.15, 0.2) is 0 Å². The molecule has 0 unspecified atom stereocenters. The molecule has 4 heterocycles. The van der Waals surface area contributed by atoms with Crippen molar-refractivity contribution in [2.24, 2.45) is 4.99 Å². The zero-order valence-electron chi connectivity index (χ0n) is 25.5. The lowest BCUT2D eigenvalue weighted by Crippen LogP contribution is -2.31. The predicted molar refractivity (Wildman–Crippen MR) is 163 cm³/mol. The standard InChI is InChI=1S/C33H42N4O5/c1-7-23-20(6)32(41)37-29(23)15-27-19(5)25(11-12-31(39)40)30(35-27)16-28-21(10-9-17(3)38)13-22(34-28)14-26-18(4)24(8-2)33(42)36-26/h13,16,26,29,34H,7-12,14-15H2,1-6H3,(H,36,42)(H,37,41)(H,39,40)/b30-16-/t26-,29+/m1/s1. The molecule has 224 valence electrons. The smallest absolute Gasteiger partial charge is 0.303 e. The number of allylic oxidation sites excluding steroid dienone is 2. The van der Waals surface area contributed by atoms with Gasteiger partial charge in [0.2, 0.25) is 11.8 Å². The van der Waals surface area contributed by atoms with Crippen LogP contribution in [0.5, 0.6) is 0 Å². The second-order valence-electron chi connectivity index (χ2n) is 11.5. The first-order valence-corrected chi connectivity index (χ1v) is 14.9. The quantitative estimate of drug-likeness (QED) is 0.265. The molecule has 0 aromatic carbocycles. The van der Waals surface area contributed by atoms with Gasteiger partial charge in [-0.15, -0.1) is 0 Å². The number of ketones is 1. The third kappa shape index (κ3) is 6.55. The molecule has 0 radical (unpaired) electrons. The fourth-order valence-electron chi connectivity index (χ4n) is 6.25. The molecular formula is C33H42N4O5. The van der Waals surface area contributed by atoms with Gasteiger partial charge in [0, 0.05) is 53.9 Å². The molecule has 3 aliphatic heterocycles. The molecule has 3 aliphatic rings. The van der Waals surface area contributed by atoms with E-state index in [9.17, 15) is 24.3 Å². The van der Waals surface area contributed by atoms with Crippen molar-refractivity contribution in [3.63, 3.8) is 0 Å². The predicted octanol–water partition coefficient (Wildman–Crippen LogP) is 4.90. The SMILES string of the molecule is CCC1=C(C)[C@@H](Cc2cc(CCC(C)=O)c(/C=C3\N=C(C[C@@H]4NC(=O)C(C)=C4CC)C(C)=C3CCC(=O)O)[nH]2)NC1=O. The Hall–Kier alpha value is -4.01. The van der Waals surface area contributed by atoms with Crippen LogP contribution in [0.2, 0.25) is 0 Å². The normalized spacial score (nSPS) is 21.6. The largest absolute Gasteiger partial charge is 0.481 e. The average Bonchev–Trinajstić information content (AvgIpc) is 3.61. The molecule has 0 saturated heterocycles. The van der Waals surface area contributed by atoms with E-state index in [1.807, 2.05) is 40.7 Å². The lowest BCUT2D eigenvalue weighted by molar-refractivity contribution is -0.137. The summed E-state index contributed by atoms with van der Waals surface area (Å²) in [5.74, 6) is -0.853. The molecule has 0 spiro atoms. The number of aliphatic imine (C=N–C) groups is 1. The van der Waals surface area contributed by atoms with E-state index in [4.69, 9.17) is 4.99 Å². The molecule has 0 saturated carbocycles. The van der Waals surface area contributed by atoms with Crippen LogP contribution in [-0.4, -0.2) is 51.5 Å². The number of Topliss-reactive ketones (excluding diaryl/α,β-unsaturated/α-hetero) is 1. The van der Waals surface area contributed by atoms with Crippen molar-refractivity contribution in [3.8, 4) is 0 Å². The Morgan fingerprint density at radius 1 is 0.929 bits per heavy atom. The molecule has 1 aromatic rings. The van der Waals surface area contributed by atoms with Gasteiger partial charge >= 0.3 is 5.97 Å². The lowest BCUT2D eigenvalue weighted by Gasteiger charge is -2.15. The van der Waals surface area contributed by atoms with Crippen LogP contribution >= 0.6 is 0 Å². The Morgan fingerprint density at radius 3 is 2.26 bits per heavy atom. The molecule has 4 rings (SSSR count). The number of nitrogens with one attached hydrogen (secondary N) is 3. The van der Waals surface area contributed by atoms with Crippen LogP contribution in [0.4, 0.5) is 0 Å². The summed E-state index contributed by atoms with van der Waals surface area (Å²) in [4.78, 5) is 56.6. The molecule has 0 aliphatic carbocycles. The van der Waals surface area contributed by atoms with Crippen LogP contribution in [0.25, 0.3) is 6.08 Å². The number of aryl methyl sites for hydroxylation is 1. The van der Waals surface area contributed by atoms with Crippen LogP contribution in [0.15, 0.2) is 50.2 Å². The third-order valence-corrected chi connectivity index (χ3v) is 8.74. The van der Waals surface area contributed by atoms with Crippen molar-refractivity contribution >= 4 is 35.4 Å². The Bertz CT molecular complexity index is 1480. The van der Waals surface area contributed by atoms with Crippen molar-refractivity contribution in [2.45, 2.75) is 105 Å². The number of carboxylic acid groups (broad SMARTS) is 1. The molecule has 1 aromatic heterocycles. The van der Waals surface area contributed by atoms with Crippen molar-refractivity contribution < 1.29 is 24.3 Å². The van der Waals surface area contributed by atoms with Crippen molar-refractivity contribution in [1.29, 1.82) is 0 Å². The highest BCUT2D eigenvalue weighted by molar-refractivity contribution is 6.07. The fraction of sp³-hybridized carbons (Fsp3) is 0.485. The van der Waals surface area contributed by atoms with Gasteiger partial charge in [-0.25, -0.2) is 0 Å². The lowest BCUT2D eigenvalue weighted by atomic mass is 9.94. The Labute approximate surface area is 247 Å². The minimum atomic E-state index is -0.879. The Kier molecular flexibility index (Phi) is 9.49. The molecule has 0 bridgehead atoms.